The quantitative estimate of drug-likeness (QED) is 0.684. The molecule has 0 unspecified atom stereocenters. The van der Waals surface area contributed by atoms with Crippen LogP contribution in [0.4, 0.5) is 4.39 Å². The minimum absolute atomic E-state index is 0.0226. The number of nitrogens with zero attached hydrogens (tertiary/aromatic N) is 3. The SMILES string of the molecule is N#Cc1ccccc1S(=O)(=O)N1CCN(C(=O)c2cc(F)c(Cl)cc2Cl)CC1. The van der Waals surface area contributed by atoms with Crippen LogP contribution in [0.5, 0.6) is 0 Å². The summed E-state index contributed by atoms with van der Waals surface area (Å²) >= 11 is 11.6. The summed E-state index contributed by atoms with van der Waals surface area (Å²) in [6, 6.07) is 9.95. The van der Waals surface area contributed by atoms with E-state index < -0.39 is 21.7 Å². The first kappa shape index (κ1) is 20.6. The molecule has 1 fully saturated rings. The van der Waals surface area contributed by atoms with Crippen molar-refractivity contribution < 1.29 is 17.6 Å². The lowest BCUT2D eigenvalue weighted by atomic mass is 10.1. The maximum Gasteiger partial charge on any atom is 0.255 e. The summed E-state index contributed by atoms with van der Waals surface area (Å²) in [6.07, 6.45) is 0. The Bertz CT molecular complexity index is 1080. The number of benzene rings is 2. The van der Waals surface area contributed by atoms with Crippen molar-refractivity contribution in [1.29, 1.82) is 5.26 Å². The third kappa shape index (κ3) is 3.84. The molecule has 1 heterocycles. The van der Waals surface area contributed by atoms with Gasteiger partial charge in [-0.25, -0.2) is 12.8 Å². The van der Waals surface area contributed by atoms with Crippen LogP contribution in [0.2, 0.25) is 10.0 Å². The Hall–Kier alpha value is -2.18. The van der Waals surface area contributed by atoms with Gasteiger partial charge in [0.1, 0.15) is 11.9 Å². The second kappa shape index (κ2) is 8.05. The number of sulfonamides is 1. The molecule has 2 aromatic rings. The standard InChI is InChI=1S/C18H14Cl2FN3O3S/c19-14-10-15(20)16(21)9-13(14)18(25)23-5-7-24(8-6-23)28(26,27)17-4-2-1-3-12(17)11-22/h1-4,9-10H,5-8H2. The van der Waals surface area contributed by atoms with Crippen LogP contribution in [-0.2, 0) is 10.0 Å². The van der Waals surface area contributed by atoms with Gasteiger partial charge in [0.05, 0.1) is 26.1 Å². The molecule has 1 saturated heterocycles. The molecule has 3 rings (SSSR count). The minimum Gasteiger partial charge on any atom is -0.336 e. The van der Waals surface area contributed by atoms with E-state index in [1.807, 2.05) is 6.07 Å². The monoisotopic (exact) mass is 441 g/mol. The van der Waals surface area contributed by atoms with Crippen molar-refractivity contribution in [3.63, 3.8) is 0 Å². The number of hydrogen-bond donors (Lipinski definition) is 0. The molecule has 28 heavy (non-hydrogen) atoms. The van der Waals surface area contributed by atoms with Gasteiger partial charge in [-0.2, -0.15) is 9.57 Å². The molecule has 0 bridgehead atoms. The second-order valence-corrected chi connectivity index (χ2v) is 8.77. The summed E-state index contributed by atoms with van der Waals surface area (Å²) in [5, 5.41) is 8.99. The Morgan fingerprint density at radius 3 is 2.36 bits per heavy atom. The van der Waals surface area contributed by atoms with E-state index >= 15 is 0 Å². The molecule has 1 amide bonds. The van der Waals surface area contributed by atoms with E-state index in [0.717, 1.165) is 12.1 Å². The van der Waals surface area contributed by atoms with Crippen LogP contribution in [0, 0.1) is 17.1 Å². The van der Waals surface area contributed by atoms with E-state index in [0.29, 0.717) is 0 Å². The van der Waals surface area contributed by atoms with Crippen molar-refractivity contribution in [2.75, 3.05) is 26.2 Å². The molecule has 0 N–H and O–H groups in total. The van der Waals surface area contributed by atoms with Crippen LogP contribution in [0.25, 0.3) is 0 Å². The van der Waals surface area contributed by atoms with Crippen LogP contribution < -0.4 is 0 Å². The van der Waals surface area contributed by atoms with Gasteiger partial charge in [0, 0.05) is 26.2 Å². The van der Waals surface area contributed by atoms with Gasteiger partial charge in [-0.3, -0.25) is 4.79 Å². The summed E-state index contributed by atoms with van der Waals surface area (Å²) in [6.45, 7) is 0.295. The van der Waals surface area contributed by atoms with E-state index in [2.05, 4.69) is 0 Å². The van der Waals surface area contributed by atoms with Crippen molar-refractivity contribution in [2.24, 2.45) is 0 Å². The molecule has 0 radical (unpaired) electrons. The van der Waals surface area contributed by atoms with E-state index in [4.69, 9.17) is 28.5 Å². The Labute approximate surface area is 171 Å². The summed E-state index contributed by atoms with van der Waals surface area (Å²) in [5.41, 5.74) is 0.0270. The van der Waals surface area contributed by atoms with Gasteiger partial charge in [0.2, 0.25) is 10.0 Å². The number of carbonyl (C=O) groups is 1. The first-order valence-electron chi connectivity index (χ1n) is 8.19. The lowest BCUT2D eigenvalue weighted by Gasteiger charge is -2.34. The van der Waals surface area contributed by atoms with E-state index in [-0.39, 0.29) is 52.2 Å². The zero-order valence-electron chi connectivity index (χ0n) is 14.4. The van der Waals surface area contributed by atoms with Gasteiger partial charge in [-0.1, -0.05) is 35.3 Å². The van der Waals surface area contributed by atoms with Gasteiger partial charge >= 0.3 is 0 Å². The molecule has 0 spiro atoms. The van der Waals surface area contributed by atoms with Crippen LogP contribution >= 0.6 is 23.2 Å². The zero-order valence-corrected chi connectivity index (χ0v) is 16.7. The minimum atomic E-state index is -3.87. The normalized spacial score (nSPS) is 15.3. The smallest absolute Gasteiger partial charge is 0.255 e. The van der Waals surface area contributed by atoms with Crippen molar-refractivity contribution in [2.45, 2.75) is 4.90 Å². The predicted octanol–water partition coefficient (Wildman–Crippen LogP) is 3.15. The highest BCUT2D eigenvalue weighted by molar-refractivity contribution is 7.89. The molecule has 0 aromatic heterocycles. The Morgan fingerprint density at radius 1 is 1.07 bits per heavy atom. The van der Waals surface area contributed by atoms with Gasteiger partial charge < -0.3 is 4.90 Å². The highest BCUT2D eigenvalue weighted by atomic mass is 35.5. The molecule has 10 heteroatoms. The summed E-state index contributed by atoms with van der Waals surface area (Å²) < 4.78 is 40.6. The van der Waals surface area contributed by atoms with Crippen LogP contribution in [0.15, 0.2) is 41.3 Å². The topological polar surface area (TPSA) is 81.5 Å². The van der Waals surface area contributed by atoms with Crippen LogP contribution in [0.3, 0.4) is 0 Å². The maximum absolute atomic E-state index is 13.7. The van der Waals surface area contributed by atoms with E-state index in [1.165, 1.54) is 21.3 Å². The predicted molar refractivity (Wildman–Crippen MR) is 102 cm³/mol. The Balaban J connectivity index is 1.77. The fraction of sp³-hybridized carbons (Fsp3) is 0.222. The number of carbonyl (C=O) groups excluding carboxylic acids is 1. The van der Waals surface area contributed by atoms with Gasteiger partial charge in [-0.15, -0.1) is 0 Å². The zero-order chi connectivity index (χ0) is 20.5. The molecule has 2 aromatic carbocycles. The van der Waals surface area contributed by atoms with Crippen molar-refractivity contribution >= 4 is 39.1 Å². The van der Waals surface area contributed by atoms with Crippen LogP contribution in [0.1, 0.15) is 15.9 Å². The van der Waals surface area contributed by atoms with Crippen molar-refractivity contribution in [3.05, 3.63) is 63.4 Å². The second-order valence-electron chi connectivity index (χ2n) is 6.05. The Morgan fingerprint density at radius 2 is 1.71 bits per heavy atom. The van der Waals surface area contributed by atoms with Gasteiger partial charge in [-0.05, 0) is 24.3 Å². The number of nitriles is 1. The fourth-order valence-corrected chi connectivity index (χ4v) is 4.94. The number of hydrogen-bond acceptors (Lipinski definition) is 4. The molecule has 0 atom stereocenters. The summed E-state index contributed by atoms with van der Waals surface area (Å²) in [4.78, 5) is 14.0. The number of rotatable bonds is 3. The molecular formula is C18H14Cl2FN3O3S. The van der Waals surface area contributed by atoms with Gasteiger partial charge in [0.25, 0.3) is 5.91 Å². The molecular weight excluding hydrogens is 428 g/mol. The maximum atomic E-state index is 13.7. The number of piperazine rings is 1. The average Bonchev–Trinajstić information content (AvgIpc) is 2.70. The van der Waals surface area contributed by atoms with E-state index in [9.17, 15) is 17.6 Å². The molecule has 146 valence electrons. The molecule has 0 aliphatic carbocycles. The number of amides is 1. The van der Waals surface area contributed by atoms with Crippen molar-refractivity contribution in [1.82, 2.24) is 9.21 Å². The van der Waals surface area contributed by atoms with Crippen LogP contribution in [-0.4, -0.2) is 49.7 Å². The molecule has 1 aliphatic heterocycles. The van der Waals surface area contributed by atoms with Crippen molar-refractivity contribution in [3.8, 4) is 6.07 Å². The summed E-state index contributed by atoms with van der Waals surface area (Å²) in [7, 11) is -3.87. The first-order valence-corrected chi connectivity index (χ1v) is 10.4. The third-order valence-electron chi connectivity index (χ3n) is 4.39. The van der Waals surface area contributed by atoms with E-state index in [1.54, 1.807) is 12.1 Å². The van der Waals surface area contributed by atoms with Gasteiger partial charge in [0.15, 0.2) is 0 Å². The number of halogens is 3. The fourth-order valence-electron chi connectivity index (χ4n) is 2.91. The molecule has 0 saturated carbocycles. The largest absolute Gasteiger partial charge is 0.336 e. The Kier molecular flexibility index (Phi) is 5.91. The highest BCUT2D eigenvalue weighted by Crippen LogP contribution is 2.26. The average molecular weight is 442 g/mol. The third-order valence-corrected chi connectivity index (χ3v) is 6.95. The molecule has 6 nitrogen and oxygen atoms in total. The lowest BCUT2D eigenvalue weighted by molar-refractivity contribution is 0.0697. The summed E-state index contributed by atoms with van der Waals surface area (Å²) in [5.74, 6) is -1.27. The first-order chi connectivity index (χ1) is 13.3. The highest BCUT2D eigenvalue weighted by Gasteiger charge is 2.32. The lowest BCUT2D eigenvalue weighted by Crippen LogP contribution is -2.50. The molecule has 1 aliphatic rings.